The monoisotopic (exact) mass is 273 g/mol. The molecule has 1 aromatic heterocycles. The van der Waals surface area contributed by atoms with Crippen molar-refractivity contribution in [2.24, 2.45) is 10.9 Å². The van der Waals surface area contributed by atoms with Gasteiger partial charge in [-0.1, -0.05) is 17.3 Å². The lowest BCUT2D eigenvalue weighted by Gasteiger charge is -2.06. The van der Waals surface area contributed by atoms with Crippen molar-refractivity contribution in [1.29, 1.82) is 0 Å². The fourth-order valence-electron chi connectivity index (χ4n) is 1.62. The van der Waals surface area contributed by atoms with E-state index in [-0.39, 0.29) is 12.4 Å². The van der Waals surface area contributed by atoms with Gasteiger partial charge in [-0.25, -0.2) is 4.98 Å². The average molecular weight is 273 g/mol. The molecule has 0 aliphatic carbocycles. The van der Waals surface area contributed by atoms with Crippen molar-refractivity contribution in [2.45, 2.75) is 6.42 Å². The molecule has 0 aliphatic rings. The minimum absolute atomic E-state index is 0.00240. The van der Waals surface area contributed by atoms with Crippen LogP contribution in [0.1, 0.15) is 11.1 Å². The standard InChI is InChI=1S/C14H15N3O3/c15-14(17-19)11-3-6-13(16-9-11)20-12-4-1-10(2-5-12)7-8-18/h1-6,9,18-19H,7-8H2,(H2,15,17). The van der Waals surface area contributed by atoms with E-state index >= 15 is 0 Å². The molecule has 0 unspecified atom stereocenters. The van der Waals surface area contributed by atoms with Gasteiger partial charge in [-0.2, -0.15) is 0 Å². The number of nitrogens with two attached hydrogens (primary N) is 1. The molecule has 0 fully saturated rings. The number of hydrogen-bond donors (Lipinski definition) is 3. The third kappa shape index (κ3) is 3.46. The third-order valence-corrected chi connectivity index (χ3v) is 2.69. The van der Waals surface area contributed by atoms with E-state index < -0.39 is 0 Å². The molecule has 4 N–H and O–H groups in total. The summed E-state index contributed by atoms with van der Waals surface area (Å²) in [5.74, 6) is 1.06. The average Bonchev–Trinajstić information content (AvgIpc) is 2.49. The number of oxime groups is 1. The molecule has 1 aromatic carbocycles. The van der Waals surface area contributed by atoms with Gasteiger partial charge in [0.15, 0.2) is 5.84 Å². The smallest absolute Gasteiger partial charge is 0.219 e. The van der Waals surface area contributed by atoms with E-state index in [0.29, 0.717) is 23.6 Å². The van der Waals surface area contributed by atoms with Crippen LogP contribution >= 0.6 is 0 Å². The summed E-state index contributed by atoms with van der Waals surface area (Å²) in [5, 5.41) is 20.3. The van der Waals surface area contributed by atoms with Gasteiger partial charge in [0, 0.05) is 24.4 Å². The Kier molecular flexibility index (Phi) is 4.52. The zero-order valence-electron chi connectivity index (χ0n) is 10.7. The number of amidine groups is 1. The molecule has 0 saturated carbocycles. The minimum Gasteiger partial charge on any atom is -0.439 e. The first-order chi connectivity index (χ1) is 9.72. The van der Waals surface area contributed by atoms with E-state index in [9.17, 15) is 0 Å². The molecule has 0 bridgehead atoms. The second-order valence-corrected chi connectivity index (χ2v) is 4.09. The topological polar surface area (TPSA) is 101 Å². The summed E-state index contributed by atoms with van der Waals surface area (Å²) in [4.78, 5) is 4.07. The van der Waals surface area contributed by atoms with Crippen LogP contribution in [-0.2, 0) is 6.42 Å². The van der Waals surface area contributed by atoms with Gasteiger partial charge in [-0.15, -0.1) is 0 Å². The number of ether oxygens (including phenoxy) is 1. The summed E-state index contributed by atoms with van der Waals surface area (Å²) in [5.41, 5.74) is 6.99. The van der Waals surface area contributed by atoms with Gasteiger partial charge in [-0.05, 0) is 30.2 Å². The summed E-state index contributed by atoms with van der Waals surface area (Å²) >= 11 is 0. The molecule has 20 heavy (non-hydrogen) atoms. The van der Waals surface area contributed by atoms with Gasteiger partial charge in [0.05, 0.1) is 0 Å². The van der Waals surface area contributed by atoms with Crippen LogP contribution in [0.15, 0.2) is 47.8 Å². The fourth-order valence-corrected chi connectivity index (χ4v) is 1.62. The van der Waals surface area contributed by atoms with Crippen molar-refractivity contribution in [2.75, 3.05) is 6.61 Å². The Hall–Kier alpha value is -2.60. The van der Waals surface area contributed by atoms with E-state index in [2.05, 4.69) is 10.1 Å². The summed E-state index contributed by atoms with van der Waals surface area (Å²) in [6.07, 6.45) is 2.08. The summed E-state index contributed by atoms with van der Waals surface area (Å²) in [7, 11) is 0. The lowest BCUT2D eigenvalue weighted by molar-refractivity contribution is 0.299. The molecule has 0 spiro atoms. The van der Waals surface area contributed by atoms with Crippen LogP contribution in [0.5, 0.6) is 11.6 Å². The first-order valence-electron chi connectivity index (χ1n) is 6.04. The maximum Gasteiger partial charge on any atom is 0.219 e. The van der Waals surface area contributed by atoms with Crippen molar-refractivity contribution in [3.8, 4) is 11.6 Å². The zero-order chi connectivity index (χ0) is 14.4. The van der Waals surface area contributed by atoms with E-state index in [1.807, 2.05) is 24.3 Å². The number of hydrogen-bond acceptors (Lipinski definition) is 5. The number of pyridine rings is 1. The van der Waals surface area contributed by atoms with Gasteiger partial charge in [0.2, 0.25) is 5.88 Å². The number of nitrogens with zero attached hydrogens (tertiary/aromatic N) is 2. The maximum absolute atomic E-state index is 8.84. The second kappa shape index (κ2) is 6.53. The van der Waals surface area contributed by atoms with E-state index in [1.54, 1.807) is 12.1 Å². The predicted molar refractivity (Wildman–Crippen MR) is 74.1 cm³/mol. The summed E-state index contributed by atoms with van der Waals surface area (Å²) < 4.78 is 5.56. The third-order valence-electron chi connectivity index (χ3n) is 2.69. The predicted octanol–water partition coefficient (Wildman–Crippen LogP) is 1.50. The molecule has 0 atom stereocenters. The van der Waals surface area contributed by atoms with Gasteiger partial charge in [0.1, 0.15) is 5.75 Å². The van der Waals surface area contributed by atoms with Crippen molar-refractivity contribution in [1.82, 2.24) is 4.98 Å². The molecule has 2 rings (SSSR count). The molecule has 104 valence electrons. The van der Waals surface area contributed by atoms with Gasteiger partial charge >= 0.3 is 0 Å². The second-order valence-electron chi connectivity index (χ2n) is 4.09. The quantitative estimate of drug-likeness (QED) is 0.332. The minimum atomic E-state index is -0.00240. The Bertz CT molecular complexity index is 580. The first kappa shape index (κ1) is 13.8. The SMILES string of the molecule is N/C(=N/O)c1ccc(Oc2ccc(CCO)cc2)nc1. The van der Waals surface area contributed by atoms with Crippen molar-refractivity contribution in [3.63, 3.8) is 0 Å². The Morgan fingerprint density at radius 3 is 2.50 bits per heavy atom. The number of aliphatic hydroxyl groups excluding tert-OH is 1. The highest BCUT2D eigenvalue weighted by Crippen LogP contribution is 2.20. The largest absolute Gasteiger partial charge is 0.439 e. The number of aromatic nitrogens is 1. The van der Waals surface area contributed by atoms with E-state index in [4.69, 9.17) is 20.8 Å². The molecular formula is C14H15N3O3. The van der Waals surface area contributed by atoms with Gasteiger partial charge < -0.3 is 20.8 Å². The molecule has 0 saturated heterocycles. The molecule has 0 amide bonds. The van der Waals surface area contributed by atoms with E-state index in [0.717, 1.165) is 5.56 Å². The molecule has 1 heterocycles. The Labute approximate surface area is 116 Å². The summed E-state index contributed by atoms with van der Waals surface area (Å²) in [6.45, 7) is 0.122. The lowest BCUT2D eigenvalue weighted by atomic mass is 10.1. The molecular weight excluding hydrogens is 258 g/mol. The summed E-state index contributed by atoms with van der Waals surface area (Å²) in [6, 6.07) is 10.7. The Balaban J connectivity index is 2.06. The first-order valence-corrected chi connectivity index (χ1v) is 6.04. The van der Waals surface area contributed by atoms with E-state index in [1.165, 1.54) is 6.20 Å². The van der Waals surface area contributed by atoms with Crippen molar-refractivity contribution in [3.05, 3.63) is 53.7 Å². The van der Waals surface area contributed by atoms with Crippen LogP contribution in [0.2, 0.25) is 0 Å². The van der Waals surface area contributed by atoms with Crippen LogP contribution in [-0.4, -0.2) is 27.7 Å². The highest BCUT2D eigenvalue weighted by molar-refractivity contribution is 5.96. The molecule has 6 heteroatoms. The van der Waals surface area contributed by atoms with Crippen molar-refractivity contribution >= 4 is 5.84 Å². The Morgan fingerprint density at radius 2 is 1.95 bits per heavy atom. The zero-order valence-corrected chi connectivity index (χ0v) is 10.7. The van der Waals surface area contributed by atoms with Crippen LogP contribution in [0.4, 0.5) is 0 Å². The van der Waals surface area contributed by atoms with Crippen molar-refractivity contribution < 1.29 is 15.1 Å². The van der Waals surface area contributed by atoms with Gasteiger partial charge in [-0.3, -0.25) is 0 Å². The number of aliphatic hydroxyl groups is 1. The van der Waals surface area contributed by atoms with Gasteiger partial charge in [0.25, 0.3) is 0 Å². The maximum atomic E-state index is 8.84. The van der Waals surface area contributed by atoms with Crippen LogP contribution in [0.25, 0.3) is 0 Å². The molecule has 0 radical (unpaired) electrons. The fraction of sp³-hybridized carbons (Fsp3) is 0.143. The number of rotatable bonds is 5. The Morgan fingerprint density at radius 1 is 1.20 bits per heavy atom. The number of benzene rings is 1. The molecule has 0 aliphatic heterocycles. The van der Waals surface area contributed by atoms with Crippen LogP contribution < -0.4 is 10.5 Å². The normalized spacial score (nSPS) is 11.3. The highest BCUT2D eigenvalue weighted by Gasteiger charge is 2.02. The molecule has 6 nitrogen and oxygen atoms in total. The highest BCUT2D eigenvalue weighted by atomic mass is 16.5. The molecule has 2 aromatic rings. The lowest BCUT2D eigenvalue weighted by Crippen LogP contribution is -2.13. The van der Waals surface area contributed by atoms with Crippen LogP contribution in [0.3, 0.4) is 0 Å². The van der Waals surface area contributed by atoms with Crippen LogP contribution in [0, 0.1) is 0 Å².